The summed E-state index contributed by atoms with van der Waals surface area (Å²) in [5.41, 5.74) is 4.11. The number of rotatable bonds is 9. The molecule has 3 heterocycles. The minimum atomic E-state index is -3.88. The van der Waals surface area contributed by atoms with Crippen LogP contribution in [0.3, 0.4) is 0 Å². The highest BCUT2D eigenvalue weighted by atomic mass is 32.2. The van der Waals surface area contributed by atoms with Gasteiger partial charge in [-0.1, -0.05) is 31.0 Å². The molecule has 12 heteroatoms. The summed E-state index contributed by atoms with van der Waals surface area (Å²) in [5, 5.41) is 13.5. The number of aromatic nitrogens is 3. The van der Waals surface area contributed by atoms with Crippen molar-refractivity contribution in [3.8, 4) is 23.0 Å². The Morgan fingerprint density at radius 3 is 2.44 bits per heavy atom. The molecule has 0 unspecified atom stereocenters. The number of ether oxygens (including phenoxy) is 2. The Morgan fingerprint density at radius 2 is 1.74 bits per heavy atom. The van der Waals surface area contributed by atoms with Crippen molar-refractivity contribution in [1.82, 2.24) is 19.3 Å². The number of pyridine rings is 1. The van der Waals surface area contributed by atoms with E-state index >= 15 is 0 Å². The molecule has 1 aliphatic heterocycles. The van der Waals surface area contributed by atoms with E-state index in [9.17, 15) is 18.3 Å². The van der Waals surface area contributed by atoms with Gasteiger partial charge in [0.1, 0.15) is 4.90 Å². The number of hydrogen-bond donors (Lipinski definition) is 2. The first-order valence-electron chi connectivity index (χ1n) is 14.3. The van der Waals surface area contributed by atoms with Crippen LogP contribution in [0.2, 0.25) is 0 Å². The van der Waals surface area contributed by atoms with Gasteiger partial charge in [-0.15, -0.1) is 0 Å². The molecule has 0 radical (unpaired) electrons. The maximum absolute atomic E-state index is 13.9. The van der Waals surface area contributed by atoms with E-state index in [0.717, 1.165) is 49.7 Å². The molecule has 2 aliphatic rings. The number of carbonyl (C=O) groups is 1. The second-order valence-electron chi connectivity index (χ2n) is 10.8. The topological polar surface area (TPSA) is 144 Å². The molecule has 0 bridgehead atoms. The predicted octanol–water partition coefficient (Wildman–Crippen LogP) is 5.59. The van der Waals surface area contributed by atoms with Gasteiger partial charge >= 0.3 is 12.0 Å². The SMILES string of the molecule is COc1ncc(-c2ccc3c(Nc4cccc(C(=O)O)c4)c(S(=O)(=O)N4CCCC4)cnc3c2C2CCCC2)c(OC)n1. The molecule has 1 saturated heterocycles. The molecule has 0 amide bonds. The van der Waals surface area contributed by atoms with Crippen molar-refractivity contribution in [2.45, 2.75) is 49.3 Å². The fourth-order valence-corrected chi connectivity index (χ4v) is 7.81. The molecule has 43 heavy (non-hydrogen) atoms. The molecule has 4 aromatic rings. The summed E-state index contributed by atoms with van der Waals surface area (Å²) in [6.07, 6.45) is 8.77. The van der Waals surface area contributed by atoms with Crippen molar-refractivity contribution in [2.75, 3.05) is 32.6 Å². The van der Waals surface area contributed by atoms with E-state index in [1.807, 2.05) is 12.1 Å². The third-order valence-electron chi connectivity index (χ3n) is 8.27. The normalized spacial score (nSPS) is 16.0. The Kier molecular flexibility index (Phi) is 7.89. The second-order valence-corrected chi connectivity index (χ2v) is 12.7. The Labute approximate surface area is 250 Å². The quantitative estimate of drug-likeness (QED) is 0.248. The van der Waals surface area contributed by atoms with E-state index in [1.165, 1.54) is 29.7 Å². The van der Waals surface area contributed by atoms with Gasteiger partial charge in [-0.25, -0.2) is 18.2 Å². The van der Waals surface area contributed by atoms with Crippen LogP contribution in [0.4, 0.5) is 11.4 Å². The number of fused-ring (bicyclic) bond motifs is 1. The molecule has 2 aromatic heterocycles. The molecule has 2 fully saturated rings. The van der Waals surface area contributed by atoms with Crippen LogP contribution in [0.15, 0.2) is 53.7 Å². The van der Waals surface area contributed by atoms with Crippen molar-refractivity contribution in [1.29, 1.82) is 0 Å². The number of sulfonamides is 1. The minimum absolute atomic E-state index is 0.0538. The number of anilines is 2. The number of carboxylic acids is 1. The maximum Gasteiger partial charge on any atom is 0.335 e. The lowest BCUT2D eigenvalue weighted by Gasteiger charge is -2.23. The summed E-state index contributed by atoms with van der Waals surface area (Å²) in [6.45, 7) is 0.885. The van der Waals surface area contributed by atoms with Crippen LogP contribution in [0.5, 0.6) is 11.9 Å². The smallest absolute Gasteiger partial charge is 0.335 e. The summed E-state index contributed by atoms with van der Waals surface area (Å²) in [5.74, 6) is -0.526. The van der Waals surface area contributed by atoms with Gasteiger partial charge in [-0.05, 0) is 60.9 Å². The van der Waals surface area contributed by atoms with Gasteiger partial charge in [-0.3, -0.25) is 4.98 Å². The van der Waals surface area contributed by atoms with Crippen molar-refractivity contribution >= 4 is 38.3 Å². The summed E-state index contributed by atoms with van der Waals surface area (Å²) in [4.78, 5) is 25.3. The van der Waals surface area contributed by atoms with E-state index < -0.39 is 16.0 Å². The van der Waals surface area contributed by atoms with Crippen LogP contribution in [-0.2, 0) is 10.0 Å². The maximum atomic E-state index is 13.9. The largest absolute Gasteiger partial charge is 0.480 e. The molecule has 2 aromatic carbocycles. The third kappa shape index (κ3) is 5.36. The van der Waals surface area contributed by atoms with Crippen LogP contribution < -0.4 is 14.8 Å². The van der Waals surface area contributed by atoms with Gasteiger partial charge in [-0.2, -0.15) is 9.29 Å². The van der Waals surface area contributed by atoms with E-state index in [4.69, 9.17) is 14.5 Å². The molecule has 224 valence electrons. The zero-order valence-electron chi connectivity index (χ0n) is 24.0. The molecule has 6 rings (SSSR count). The summed E-state index contributed by atoms with van der Waals surface area (Å²) in [6, 6.07) is 10.3. The van der Waals surface area contributed by atoms with Crippen molar-refractivity contribution in [3.05, 3.63) is 59.9 Å². The molecule has 1 saturated carbocycles. The molecular formula is C31H33N5O6S. The number of nitrogens with one attached hydrogen (secondary N) is 1. The molecule has 1 aliphatic carbocycles. The van der Waals surface area contributed by atoms with Crippen LogP contribution in [0.1, 0.15) is 60.4 Å². The van der Waals surface area contributed by atoms with E-state index in [0.29, 0.717) is 46.8 Å². The lowest BCUT2D eigenvalue weighted by Crippen LogP contribution is -2.28. The van der Waals surface area contributed by atoms with E-state index in [-0.39, 0.29) is 22.4 Å². The van der Waals surface area contributed by atoms with Gasteiger partial charge in [0.05, 0.1) is 36.6 Å². The lowest BCUT2D eigenvalue weighted by atomic mass is 9.87. The number of nitrogens with zero attached hydrogens (tertiary/aromatic N) is 4. The average Bonchev–Trinajstić information content (AvgIpc) is 3.76. The van der Waals surface area contributed by atoms with Crippen molar-refractivity contribution in [2.24, 2.45) is 0 Å². The van der Waals surface area contributed by atoms with Crippen LogP contribution >= 0.6 is 0 Å². The van der Waals surface area contributed by atoms with Gasteiger partial charge in [0.25, 0.3) is 0 Å². The molecule has 0 atom stereocenters. The summed E-state index contributed by atoms with van der Waals surface area (Å²) >= 11 is 0. The highest BCUT2D eigenvalue weighted by Gasteiger charge is 2.33. The highest BCUT2D eigenvalue weighted by molar-refractivity contribution is 7.89. The van der Waals surface area contributed by atoms with E-state index in [2.05, 4.69) is 15.3 Å². The fourth-order valence-electron chi connectivity index (χ4n) is 6.19. The number of hydrogen-bond acceptors (Lipinski definition) is 9. The Balaban J connectivity index is 1.61. The molecule has 0 spiro atoms. The fraction of sp³-hybridized carbons (Fsp3) is 0.355. The van der Waals surface area contributed by atoms with Crippen LogP contribution in [-0.4, -0.2) is 66.1 Å². The standard InChI is InChI=1S/C31H33N5O6S/c1-41-29-24(17-33-31(35-29)42-2)22-12-13-23-27(34-21-11-7-10-20(16-21)30(37)38)25(43(39,40)36-14-5-6-15-36)18-32-28(23)26(22)19-8-3-4-9-19/h7,10-13,16-19H,3-6,8-9,14-15H2,1-2H3,(H,32,34)(H,37,38). The Morgan fingerprint density at radius 1 is 0.977 bits per heavy atom. The van der Waals surface area contributed by atoms with Gasteiger partial charge in [0, 0.05) is 36.6 Å². The van der Waals surface area contributed by atoms with Gasteiger partial charge < -0.3 is 19.9 Å². The van der Waals surface area contributed by atoms with Crippen LogP contribution in [0.25, 0.3) is 22.0 Å². The van der Waals surface area contributed by atoms with Crippen molar-refractivity contribution in [3.63, 3.8) is 0 Å². The number of benzene rings is 2. The highest BCUT2D eigenvalue weighted by Crippen LogP contribution is 2.46. The summed E-state index contributed by atoms with van der Waals surface area (Å²) in [7, 11) is -0.845. The van der Waals surface area contributed by atoms with Gasteiger partial charge in [0.2, 0.25) is 15.9 Å². The van der Waals surface area contributed by atoms with Crippen molar-refractivity contribution < 1.29 is 27.8 Å². The average molecular weight is 604 g/mol. The number of aromatic carboxylic acids is 1. The zero-order chi connectivity index (χ0) is 30.1. The predicted molar refractivity (Wildman–Crippen MR) is 162 cm³/mol. The first-order valence-corrected chi connectivity index (χ1v) is 15.8. The third-order valence-corrected chi connectivity index (χ3v) is 10.2. The molecule has 2 N–H and O–H groups in total. The monoisotopic (exact) mass is 603 g/mol. The Hall–Kier alpha value is -4.29. The number of carboxylic acid groups (broad SMARTS) is 1. The molecule has 11 nitrogen and oxygen atoms in total. The summed E-state index contributed by atoms with van der Waals surface area (Å²) < 4.78 is 40.2. The number of methoxy groups -OCH3 is 2. The zero-order valence-corrected chi connectivity index (χ0v) is 24.9. The lowest BCUT2D eigenvalue weighted by molar-refractivity contribution is 0.0697. The first kappa shape index (κ1) is 28.8. The molecular weight excluding hydrogens is 570 g/mol. The van der Waals surface area contributed by atoms with E-state index in [1.54, 1.807) is 25.4 Å². The minimum Gasteiger partial charge on any atom is -0.480 e. The first-order chi connectivity index (χ1) is 20.8. The van der Waals surface area contributed by atoms with Gasteiger partial charge in [0.15, 0.2) is 0 Å². The second kappa shape index (κ2) is 11.8. The Bertz CT molecular complexity index is 1800. The van der Waals surface area contributed by atoms with Crippen LogP contribution in [0, 0.1) is 0 Å².